The van der Waals surface area contributed by atoms with Crippen LogP contribution in [0.3, 0.4) is 0 Å². The Morgan fingerprint density at radius 3 is 1.64 bits per heavy atom. The maximum atomic E-state index is 2.48. The van der Waals surface area contributed by atoms with Gasteiger partial charge in [-0.2, -0.15) is 0 Å². The standard InChI is InChI=1S/C51H37NS/c1-51(2)46-29-23-38(35-15-8-4-9-16-35)31-44(46)43-19-12-20-47(50(43)51)52(40-25-21-37(22-26-40)34-13-6-3-7-14-34)41-27-28-42-45-32-39(36-17-10-5-11-18-36)24-30-48(45)53-49(42)33-41/h3-33H,1-2H3. The molecule has 252 valence electrons. The lowest BCUT2D eigenvalue weighted by molar-refractivity contribution is 0.661. The van der Waals surface area contributed by atoms with E-state index in [9.17, 15) is 0 Å². The van der Waals surface area contributed by atoms with Crippen LogP contribution in [0.5, 0.6) is 0 Å². The number of nitrogens with zero attached hydrogens (tertiary/aromatic N) is 1. The van der Waals surface area contributed by atoms with Crippen LogP contribution in [0, 0.1) is 0 Å². The zero-order valence-corrected chi connectivity index (χ0v) is 30.6. The summed E-state index contributed by atoms with van der Waals surface area (Å²) < 4.78 is 2.60. The number of hydrogen-bond acceptors (Lipinski definition) is 2. The van der Waals surface area contributed by atoms with Crippen LogP contribution in [0.4, 0.5) is 17.1 Å². The van der Waals surface area contributed by atoms with Gasteiger partial charge in [0, 0.05) is 37.0 Å². The molecular weight excluding hydrogens is 659 g/mol. The van der Waals surface area contributed by atoms with Gasteiger partial charge in [-0.3, -0.25) is 0 Å². The highest BCUT2D eigenvalue weighted by Crippen LogP contribution is 2.55. The molecule has 0 radical (unpaired) electrons. The van der Waals surface area contributed by atoms with Gasteiger partial charge in [-0.15, -0.1) is 11.3 Å². The van der Waals surface area contributed by atoms with Crippen LogP contribution in [0.25, 0.3) is 64.7 Å². The van der Waals surface area contributed by atoms with Gasteiger partial charge in [0.05, 0.1) is 5.69 Å². The number of anilines is 3. The molecule has 1 heterocycles. The molecule has 0 aliphatic heterocycles. The van der Waals surface area contributed by atoms with Gasteiger partial charge in [0.2, 0.25) is 0 Å². The van der Waals surface area contributed by atoms with Crippen molar-refractivity contribution in [2.24, 2.45) is 0 Å². The van der Waals surface area contributed by atoms with E-state index in [2.05, 4.69) is 207 Å². The van der Waals surface area contributed by atoms with Crippen LogP contribution in [0.2, 0.25) is 0 Å². The molecule has 0 atom stereocenters. The van der Waals surface area contributed by atoms with Crippen molar-refractivity contribution in [3.8, 4) is 44.5 Å². The minimum atomic E-state index is -0.200. The van der Waals surface area contributed by atoms with Crippen LogP contribution in [0.1, 0.15) is 25.0 Å². The molecule has 10 rings (SSSR count). The summed E-state index contributed by atoms with van der Waals surface area (Å²) in [6, 6.07) is 69.0. The third-order valence-corrected chi connectivity index (χ3v) is 12.2. The van der Waals surface area contributed by atoms with Gasteiger partial charge in [-0.25, -0.2) is 0 Å². The van der Waals surface area contributed by atoms with E-state index in [1.165, 1.54) is 81.5 Å². The van der Waals surface area contributed by atoms with E-state index < -0.39 is 0 Å². The number of rotatable bonds is 6. The Kier molecular flexibility index (Phi) is 7.42. The molecule has 0 saturated heterocycles. The van der Waals surface area contributed by atoms with Crippen LogP contribution in [-0.2, 0) is 5.41 Å². The minimum absolute atomic E-state index is 0.200. The van der Waals surface area contributed by atoms with Gasteiger partial charge in [0.15, 0.2) is 0 Å². The normalized spacial score (nSPS) is 12.9. The molecule has 0 saturated carbocycles. The van der Waals surface area contributed by atoms with Crippen LogP contribution in [-0.4, -0.2) is 0 Å². The molecule has 9 aromatic rings. The van der Waals surface area contributed by atoms with Gasteiger partial charge < -0.3 is 4.90 Å². The fourth-order valence-corrected chi connectivity index (χ4v) is 9.56. The summed E-state index contributed by atoms with van der Waals surface area (Å²) in [6.07, 6.45) is 0. The first-order valence-electron chi connectivity index (χ1n) is 18.3. The average molecular weight is 696 g/mol. The van der Waals surface area contributed by atoms with Gasteiger partial charge in [0.25, 0.3) is 0 Å². The molecule has 0 bridgehead atoms. The highest BCUT2D eigenvalue weighted by atomic mass is 32.1. The lowest BCUT2D eigenvalue weighted by Crippen LogP contribution is -2.20. The van der Waals surface area contributed by atoms with Gasteiger partial charge in [0.1, 0.15) is 0 Å². The van der Waals surface area contributed by atoms with Gasteiger partial charge in [-0.1, -0.05) is 153 Å². The van der Waals surface area contributed by atoms with E-state index >= 15 is 0 Å². The van der Waals surface area contributed by atoms with Crippen molar-refractivity contribution < 1.29 is 0 Å². The van der Waals surface area contributed by atoms with Crippen molar-refractivity contribution in [3.05, 3.63) is 199 Å². The SMILES string of the molecule is CC1(C)c2ccc(-c3ccccc3)cc2-c2cccc(N(c3ccc(-c4ccccc4)cc3)c3ccc4c(c3)sc3ccc(-c5ccccc5)cc34)c21. The zero-order valence-electron chi connectivity index (χ0n) is 29.8. The lowest BCUT2D eigenvalue weighted by atomic mass is 9.81. The molecule has 2 heteroatoms. The molecule has 53 heavy (non-hydrogen) atoms. The van der Waals surface area contributed by atoms with E-state index in [1.54, 1.807) is 0 Å². The molecule has 0 amide bonds. The number of fused-ring (bicyclic) bond motifs is 6. The predicted molar refractivity (Wildman–Crippen MR) is 228 cm³/mol. The van der Waals surface area contributed by atoms with E-state index in [0.717, 1.165) is 11.4 Å². The Labute approximate surface area is 315 Å². The molecule has 0 unspecified atom stereocenters. The largest absolute Gasteiger partial charge is 0.310 e. The average Bonchev–Trinajstić information content (AvgIpc) is 3.70. The molecule has 0 fully saturated rings. The maximum Gasteiger partial charge on any atom is 0.0508 e. The molecule has 1 aliphatic carbocycles. The third kappa shape index (κ3) is 5.29. The molecule has 1 nitrogen and oxygen atoms in total. The quantitative estimate of drug-likeness (QED) is 0.167. The number of thiophene rings is 1. The second kappa shape index (κ2) is 12.5. The fourth-order valence-electron chi connectivity index (χ4n) is 8.44. The Hall–Kier alpha value is -6.22. The van der Waals surface area contributed by atoms with E-state index in [0.29, 0.717) is 0 Å². The van der Waals surface area contributed by atoms with Crippen molar-refractivity contribution >= 4 is 48.6 Å². The zero-order chi connectivity index (χ0) is 35.5. The Morgan fingerprint density at radius 1 is 0.396 bits per heavy atom. The summed E-state index contributed by atoms with van der Waals surface area (Å²) in [6.45, 7) is 4.78. The van der Waals surface area contributed by atoms with E-state index in [-0.39, 0.29) is 5.41 Å². The summed E-state index contributed by atoms with van der Waals surface area (Å²) >= 11 is 1.88. The summed E-state index contributed by atoms with van der Waals surface area (Å²) in [5.74, 6) is 0. The Bertz CT molecular complexity index is 2780. The first kappa shape index (κ1) is 31.5. The topological polar surface area (TPSA) is 3.24 Å². The third-order valence-electron chi connectivity index (χ3n) is 11.1. The van der Waals surface area contributed by atoms with Crippen molar-refractivity contribution in [1.82, 2.24) is 0 Å². The molecule has 1 aromatic heterocycles. The number of hydrogen-bond donors (Lipinski definition) is 0. The van der Waals surface area contributed by atoms with Gasteiger partial charge in [-0.05, 0) is 104 Å². The molecule has 0 spiro atoms. The highest BCUT2D eigenvalue weighted by Gasteiger charge is 2.39. The summed E-state index contributed by atoms with van der Waals surface area (Å²) in [5, 5.41) is 2.61. The monoisotopic (exact) mass is 695 g/mol. The maximum absolute atomic E-state index is 2.48. The Balaban J connectivity index is 1.15. The predicted octanol–water partition coefficient (Wildman–Crippen LogP) is 14.8. The van der Waals surface area contributed by atoms with Crippen molar-refractivity contribution in [3.63, 3.8) is 0 Å². The van der Waals surface area contributed by atoms with E-state index in [4.69, 9.17) is 0 Å². The molecule has 0 N–H and O–H groups in total. The smallest absolute Gasteiger partial charge is 0.0508 e. The first-order valence-corrected chi connectivity index (χ1v) is 19.2. The van der Waals surface area contributed by atoms with Crippen molar-refractivity contribution in [1.29, 1.82) is 0 Å². The minimum Gasteiger partial charge on any atom is -0.310 e. The highest BCUT2D eigenvalue weighted by molar-refractivity contribution is 7.25. The fraction of sp³-hybridized carbons (Fsp3) is 0.0588. The summed E-state index contributed by atoms with van der Waals surface area (Å²) in [5.41, 5.74) is 16.1. The first-order chi connectivity index (χ1) is 26.0. The molecule has 8 aromatic carbocycles. The summed E-state index contributed by atoms with van der Waals surface area (Å²) in [4.78, 5) is 2.48. The lowest BCUT2D eigenvalue weighted by Gasteiger charge is -2.32. The number of benzene rings is 8. The van der Waals surface area contributed by atoms with Crippen LogP contribution in [0.15, 0.2) is 188 Å². The molecular formula is C51H37NS. The van der Waals surface area contributed by atoms with Crippen molar-refractivity contribution in [2.45, 2.75) is 19.3 Å². The van der Waals surface area contributed by atoms with Gasteiger partial charge >= 0.3 is 0 Å². The summed E-state index contributed by atoms with van der Waals surface area (Å²) in [7, 11) is 0. The van der Waals surface area contributed by atoms with Crippen molar-refractivity contribution in [2.75, 3.05) is 4.90 Å². The molecule has 1 aliphatic rings. The Morgan fingerprint density at radius 2 is 0.962 bits per heavy atom. The second-order valence-electron chi connectivity index (χ2n) is 14.6. The second-order valence-corrected chi connectivity index (χ2v) is 15.6. The van der Waals surface area contributed by atoms with E-state index in [1.807, 2.05) is 11.3 Å². The van der Waals surface area contributed by atoms with Crippen LogP contribution < -0.4 is 4.90 Å². The van der Waals surface area contributed by atoms with Crippen LogP contribution >= 0.6 is 11.3 Å².